The molecule has 1 heterocycles. The van der Waals surface area contributed by atoms with Crippen molar-refractivity contribution in [3.63, 3.8) is 0 Å². The lowest BCUT2D eigenvalue weighted by molar-refractivity contribution is -0.139. The smallest absolute Gasteiger partial charge is 0.329 e. The third-order valence-electron chi connectivity index (χ3n) is 5.20. The molecule has 3 aromatic carbocycles. The Hall–Kier alpha value is -4.04. The normalized spacial score (nSPS) is 11.7. The molecule has 3 aromatic rings. The number of benzene rings is 3. The van der Waals surface area contributed by atoms with Gasteiger partial charge in [-0.15, -0.1) is 0 Å². The molecule has 1 aliphatic heterocycles. The second kappa shape index (κ2) is 13.2. The van der Waals surface area contributed by atoms with Crippen molar-refractivity contribution in [3.8, 4) is 23.0 Å². The van der Waals surface area contributed by atoms with Gasteiger partial charge in [-0.3, -0.25) is 14.4 Å². The van der Waals surface area contributed by atoms with E-state index >= 15 is 0 Å². The van der Waals surface area contributed by atoms with E-state index < -0.39 is 11.8 Å². The number of methoxy groups -OCH3 is 1. The van der Waals surface area contributed by atoms with Crippen LogP contribution in [0.2, 0.25) is 5.02 Å². The van der Waals surface area contributed by atoms with Crippen molar-refractivity contribution in [1.82, 2.24) is 10.7 Å². The summed E-state index contributed by atoms with van der Waals surface area (Å²) in [5.41, 5.74) is 4.08. The van der Waals surface area contributed by atoms with E-state index in [4.69, 9.17) is 30.5 Å². The predicted octanol–water partition coefficient (Wildman–Crippen LogP) is 3.47. The van der Waals surface area contributed by atoms with E-state index in [9.17, 15) is 14.4 Å². The molecule has 0 saturated carbocycles. The second-order valence-corrected chi connectivity index (χ2v) is 9.55. The van der Waals surface area contributed by atoms with Crippen LogP contribution in [0.5, 0.6) is 23.0 Å². The second-order valence-electron chi connectivity index (χ2n) is 7.95. The minimum atomic E-state index is -0.930. The first-order valence-corrected chi connectivity index (χ1v) is 12.8. The zero-order valence-corrected chi connectivity index (χ0v) is 23.4. The number of hydrogen-bond acceptors (Lipinski definition) is 8. The van der Waals surface area contributed by atoms with Crippen LogP contribution in [-0.4, -0.2) is 44.4 Å². The number of carbonyl (C=O) groups is 3. The lowest BCUT2D eigenvalue weighted by atomic mass is 10.2. The van der Waals surface area contributed by atoms with Gasteiger partial charge in [-0.05, 0) is 82.2 Å². The number of hydrazone groups is 1. The van der Waals surface area contributed by atoms with Crippen LogP contribution in [-0.2, 0) is 20.9 Å². The van der Waals surface area contributed by atoms with Crippen LogP contribution in [0, 0.1) is 3.57 Å². The molecule has 0 spiro atoms. The Bertz CT molecular complexity index is 1420. The van der Waals surface area contributed by atoms with Crippen molar-refractivity contribution >= 4 is 63.8 Å². The Morgan fingerprint density at radius 3 is 2.59 bits per heavy atom. The standard InChI is InChI=1S/C26H22ClIN4O7/c1-36-22-10-16(8-19(28)24(22)37-13-23(33)31-18-5-3-17(27)4-6-18)12-30-32-26(35)25(34)29-11-15-2-7-20-21(9-15)39-14-38-20/h2-10,12H,11,13-14H2,1H3,(H,29,34)(H,31,33)(H,32,35)/b30-12-. The molecule has 13 heteroatoms. The Morgan fingerprint density at radius 1 is 1.05 bits per heavy atom. The highest BCUT2D eigenvalue weighted by Crippen LogP contribution is 2.34. The summed E-state index contributed by atoms with van der Waals surface area (Å²) in [6.45, 7) is 0.0234. The van der Waals surface area contributed by atoms with E-state index in [1.54, 1.807) is 54.6 Å². The first kappa shape index (κ1) is 28.0. The van der Waals surface area contributed by atoms with E-state index in [1.807, 2.05) is 22.6 Å². The molecule has 11 nitrogen and oxygen atoms in total. The lowest BCUT2D eigenvalue weighted by Crippen LogP contribution is -2.37. The number of carbonyl (C=O) groups excluding carboxylic acids is 3. The van der Waals surface area contributed by atoms with Gasteiger partial charge in [0.15, 0.2) is 29.6 Å². The van der Waals surface area contributed by atoms with Gasteiger partial charge in [-0.25, -0.2) is 5.43 Å². The van der Waals surface area contributed by atoms with Crippen LogP contribution in [0.15, 0.2) is 59.7 Å². The molecule has 0 aromatic heterocycles. The van der Waals surface area contributed by atoms with Crippen molar-refractivity contribution in [3.05, 3.63) is 74.3 Å². The number of amides is 3. The molecule has 202 valence electrons. The number of nitrogens with zero attached hydrogens (tertiary/aromatic N) is 1. The monoisotopic (exact) mass is 664 g/mol. The maximum atomic E-state index is 12.3. The maximum absolute atomic E-state index is 12.3. The minimum Gasteiger partial charge on any atom is -0.493 e. The molecule has 0 unspecified atom stereocenters. The molecule has 0 saturated heterocycles. The molecule has 1 aliphatic rings. The van der Waals surface area contributed by atoms with Crippen molar-refractivity contribution in [2.24, 2.45) is 5.10 Å². The lowest BCUT2D eigenvalue weighted by Gasteiger charge is -2.13. The Balaban J connectivity index is 1.28. The topological polar surface area (TPSA) is 137 Å². The van der Waals surface area contributed by atoms with Crippen LogP contribution in [0.4, 0.5) is 5.69 Å². The quantitative estimate of drug-likeness (QED) is 0.138. The Kier molecular flexibility index (Phi) is 9.44. The minimum absolute atomic E-state index is 0.126. The summed E-state index contributed by atoms with van der Waals surface area (Å²) in [6, 6.07) is 15.2. The molecular formula is C26H22ClIN4O7. The van der Waals surface area contributed by atoms with Crippen molar-refractivity contribution in [2.45, 2.75) is 6.54 Å². The highest BCUT2D eigenvalue weighted by atomic mass is 127. The molecule has 3 N–H and O–H groups in total. The first-order valence-electron chi connectivity index (χ1n) is 11.4. The van der Waals surface area contributed by atoms with E-state index in [2.05, 4.69) is 21.2 Å². The summed E-state index contributed by atoms with van der Waals surface area (Å²) in [6.07, 6.45) is 1.35. The number of fused-ring (bicyclic) bond motifs is 1. The van der Waals surface area contributed by atoms with Crippen LogP contribution in [0.25, 0.3) is 0 Å². The maximum Gasteiger partial charge on any atom is 0.329 e. The number of nitrogens with one attached hydrogen (secondary N) is 3. The van der Waals surface area contributed by atoms with Gasteiger partial charge in [0.1, 0.15) is 0 Å². The van der Waals surface area contributed by atoms with Gasteiger partial charge in [-0.2, -0.15) is 5.10 Å². The number of ether oxygens (including phenoxy) is 4. The predicted molar refractivity (Wildman–Crippen MR) is 151 cm³/mol. The molecule has 4 rings (SSSR count). The molecule has 0 radical (unpaired) electrons. The SMILES string of the molecule is COc1cc(/C=N\NC(=O)C(=O)NCc2ccc3c(c2)OCO3)cc(I)c1OCC(=O)Nc1ccc(Cl)cc1. The molecule has 0 bridgehead atoms. The largest absolute Gasteiger partial charge is 0.493 e. The fourth-order valence-electron chi connectivity index (χ4n) is 3.35. The average Bonchev–Trinajstić information content (AvgIpc) is 3.40. The third-order valence-corrected chi connectivity index (χ3v) is 6.26. The highest BCUT2D eigenvalue weighted by molar-refractivity contribution is 14.1. The summed E-state index contributed by atoms with van der Waals surface area (Å²) >= 11 is 7.89. The summed E-state index contributed by atoms with van der Waals surface area (Å²) in [5.74, 6) is -0.205. The van der Waals surface area contributed by atoms with Gasteiger partial charge in [0, 0.05) is 17.3 Å². The average molecular weight is 665 g/mol. The van der Waals surface area contributed by atoms with Gasteiger partial charge in [0.2, 0.25) is 6.79 Å². The fraction of sp³-hybridized carbons (Fsp3) is 0.154. The summed E-state index contributed by atoms with van der Waals surface area (Å²) in [7, 11) is 1.46. The zero-order chi connectivity index (χ0) is 27.8. The van der Waals surface area contributed by atoms with E-state index in [1.165, 1.54) is 13.3 Å². The summed E-state index contributed by atoms with van der Waals surface area (Å²) in [5, 5.41) is 9.64. The van der Waals surface area contributed by atoms with Crippen LogP contribution < -0.4 is 35.0 Å². The number of rotatable bonds is 9. The van der Waals surface area contributed by atoms with Crippen molar-refractivity contribution in [2.75, 3.05) is 25.8 Å². The van der Waals surface area contributed by atoms with Crippen LogP contribution in [0.3, 0.4) is 0 Å². The number of hydrogen-bond donors (Lipinski definition) is 3. The van der Waals surface area contributed by atoms with Crippen molar-refractivity contribution < 1.29 is 33.3 Å². The fourth-order valence-corrected chi connectivity index (χ4v) is 4.26. The number of halogens is 2. The molecule has 3 amide bonds. The molecule has 0 fully saturated rings. The van der Waals surface area contributed by atoms with Gasteiger partial charge in [0.25, 0.3) is 5.91 Å². The third kappa shape index (κ3) is 7.74. The van der Waals surface area contributed by atoms with E-state index in [-0.39, 0.29) is 25.9 Å². The van der Waals surface area contributed by atoms with Crippen molar-refractivity contribution in [1.29, 1.82) is 0 Å². The molecular weight excluding hydrogens is 643 g/mol. The molecule has 39 heavy (non-hydrogen) atoms. The molecule has 0 aliphatic carbocycles. The van der Waals surface area contributed by atoms with Gasteiger partial charge < -0.3 is 29.6 Å². The van der Waals surface area contributed by atoms with E-state index in [0.29, 0.717) is 42.8 Å². The number of anilines is 1. The van der Waals surface area contributed by atoms with Crippen LogP contribution >= 0.6 is 34.2 Å². The van der Waals surface area contributed by atoms with E-state index in [0.717, 1.165) is 5.56 Å². The van der Waals surface area contributed by atoms with Gasteiger partial charge >= 0.3 is 11.8 Å². The summed E-state index contributed by atoms with van der Waals surface area (Å²) in [4.78, 5) is 36.5. The zero-order valence-electron chi connectivity index (χ0n) is 20.5. The Morgan fingerprint density at radius 2 is 1.82 bits per heavy atom. The van der Waals surface area contributed by atoms with Crippen LogP contribution in [0.1, 0.15) is 11.1 Å². The first-order chi connectivity index (χ1) is 18.8. The highest BCUT2D eigenvalue weighted by Gasteiger charge is 2.16. The Labute approximate surface area is 241 Å². The summed E-state index contributed by atoms with van der Waals surface area (Å²) < 4.78 is 22.3. The van der Waals surface area contributed by atoms with Gasteiger partial charge in [0.05, 0.1) is 16.9 Å². The van der Waals surface area contributed by atoms with Gasteiger partial charge in [-0.1, -0.05) is 17.7 Å². The molecule has 0 atom stereocenters.